The number of aromatic amines is 1. The minimum atomic E-state index is -0.514. The number of hydrogen-bond acceptors (Lipinski definition) is 2. The lowest BCUT2D eigenvalue weighted by Gasteiger charge is -2.07. The molecule has 3 aromatic carbocycles. The predicted octanol–water partition coefficient (Wildman–Crippen LogP) is 4.86. The molecular weight excluding hydrogens is 367 g/mol. The zero-order chi connectivity index (χ0) is 20.1. The fourth-order valence-electron chi connectivity index (χ4n) is 3.25. The maximum atomic E-state index is 13.7. The summed E-state index contributed by atoms with van der Waals surface area (Å²) < 4.78 is 19.6. The van der Waals surface area contributed by atoms with E-state index < -0.39 is 11.7 Å². The van der Waals surface area contributed by atoms with Crippen LogP contribution >= 0.6 is 0 Å². The Morgan fingerprint density at radius 1 is 1.00 bits per heavy atom. The molecule has 0 atom stereocenters. The average Bonchev–Trinajstić information content (AvgIpc) is 3.15. The van der Waals surface area contributed by atoms with Crippen molar-refractivity contribution in [3.8, 4) is 5.75 Å². The van der Waals surface area contributed by atoms with Gasteiger partial charge in [0.1, 0.15) is 18.2 Å². The summed E-state index contributed by atoms with van der Waals surface area (Å²) in [6, 6.07) is 21.9. The monoisotopic (exact) mass is 388 g/mol. The average molecular weight is 388 g/mol. The van der Waals surface area contributed by atoms with Gasteiger partial charge in [0, 0.05) is 29.7 Å². The molecule has 0 spiro atoms. The molecule has 4 aromatic rings. The normalized spacial score (nSPS) is 10.8. The molecule has 0 aliphatic heterocycles. The topological polar surface area (TPSA) is 54.1 Å². The first kappa shape index (κ1) is 18.7. The van der Waals surface area contributed by atoms with Crippen LogP contribution in [-0.4, -0.2) is 17.4 Å². The number of nitrogens with one attached hydrogen (secondary N) is 2. The fourth-order valence-corrected chi connectivity index (χ4v) is 3.25. The van der Waals surface area contributed by atoms with Crippen LogP contribution in [0.3, 0.4) is 0 Å². The number of H-pyrrole nitrogens is 1. The van der Waals surface area contributed by atoms with E-state index in [9.17, 15) is 9.18 Å². The molecule has 29 heavy (non-hydrogen) atoms. The van der Waals surface area contributed by atoms with Crippen molar-refractivity contribution < 1.29 is 13.9 Å². The van der Waals surface area contributed by atoms with Gasteiger partial charge in [0.2, 0.25) is 0 Å². The summed E-state index contributed by atoms with van der Waals surface area (Å²) in [6.45, 7) is 0.939. The van der Waals surface area contributed by atoms with Gasteiger partial charge in [-0.3, -0.25) is 4.79 Å². The number of aromatic nitrogens is 1. The number of amides is 1. The molecule has 146 valence electrons. The van der Waals surface area contributed by atoms with E-state index in [1.54, 1.807) is 12.1 Å². The van der Waals surface area contributed by atoms with E-state index in [1.165, 1.54) is 12.1 Å². The number of hydrogen-bond donors (Lipinski definition) is 2. The van der Waals surface area contributed by atoms with E-state index in [0.717, 1.165) is 27.8 Å². The maximum absolute atomic E-state index is 13.7. The Balaban J connectivity index is 1.36. The third kappa shape index (κ3) is 4.46. The zero-order valence-corrected chi connectivity index (χ0v) is 15.8. The highest BCUT2D eigenvalue weighted by Gasteiger charge is 2.11. The molecule has 0 aliphatic rings. The minimum absolute atomic E-state index is 0.0617. The molecule has 4 rings (SSSR count). The minimum Gasteiger partial charge on any atom is -0.489 e. The van der Waals surface area contributed by atoms with Crippen molar-refractivity contribution in [1.29, 1.82) is 0 Å². The Labute approximate surface area is 168 Å². The second-order valence-corrected chi connectivity index (χ2v) is 6.78. The highest BCUT2D eigenvalue weighted by molar-refractivity contribution is 5.94. The molecule has 0 unspecified atom stereocenters. The zero-order valence-electron chi connectivity index (χ0n) is 15.8. The van der Waals surface area contributed by atoms with Gasteiger partial charge in [-0.1, -0.05) is 42.5 Å². The molecule has 4 nitrogen and oxygen atoms in total. The molecule has 1 heterocycles. The van der Waals surface area contributed by atoms with E-state index in [2.05, 4.69) is 10.3 Å². The van der Waals surface area contributed by atoms with Gasteiger partial charge >= 0.3 is 0 Å². The van der Waals surface area contributed by atoms with Gasteiger partial charge in [-0.15, -0.1) is 0 Å². The summed E-state index contributed by atoms with van der Waals surface area (Å²) in [6.07, 6.45) is 2.57. The quantitative estimate of drug-likeness (QED) is 0.475. The van der Waals surface area contributed by atoms with Crippen LogP contribution in [0.1, 0.15) is 21.5 Å². The van der Waals surface area contributed by atoms with Gasteiger partial charge in [-0.25, -0.2) is 4.39 Å². The molecule has 1 amide bonds. The first-order valence-corrected chi connectivity index (χ1v) is 9.50. The van der Waals surface area contributed by atoms with Crippen molar-refractivity contribution in [3.05, 3.63) is 102 Å². The molecule has 0 radical (unpaired) electrons. The Morgan fingerprint density at radius 2 is 1.79 bits per heavy atom. The number of fused-ring (bicyclic) bond motifs is 1. The molecular formula is C24H21FN2O2. The smallest absolute Gasteiger partial charge is 0.254 e. The Morgan fingerprint density at radius 3 is 2.62 bits per heavy atom. The molecule has 0 bridgehead atoms. The SMILES string of the molecule is O=C(NCCc1c[nH]c2cc(OCc3ccccc3)ccc12)c1ccccc1F. The Hall–Kier alpha value is -3.60. The molecule has 0 fully saturated rings. The summed E-state index contributed by atoms with van der Waals surface area (Å²) in [5.74, 6) is -0.123. The lowest BCUT2D eigenvalue weighted by atomic mass is 10.1. The van der Waals surface area contributed by atoms with Crippen molar-refractivity contribution >= 4 is 16.8 Å². The highest BCUT2D eigenvalue weighted by atomic mass is 19.1. The summed E-state index contributed by atoms with van der Waals surface area (Å²) >= 11 is 0. The number of benzene rings is 3. The van der Waals surface area contributed by atoms with Gasteiger partial charge in [-0.05, 0) is 41.8 Å². The van der Waals surface area contributed by atoms with Crippen molar-refractivity contribution in [1.82, 2.24) is 10.3 Å². The van der Waals surface area contributed by atoms with Crippen LogP contribution < -0.4 is 10.1 Å². The van der Waals surface area contributed by atoms with E-state index >= 15 is 0 Å². The van der Waals surface area contributed by atoms with Crippen LogP contribution in [0.2, 0.25) is 0 Å². The van der Waals surface area contributed by atoms with Gasteiger partial charge in [0.15, 0.2) is 0 Å². The van der Waals surface area contributed by atoms with Crippen LogP contribution in [0.25, 0.3) is 10.9 Å². The highest BCUT2D eigenvalue weighted by Crippen LogP contribution is 2.24. The van der Waals surface area contributed by atoms with Crippen LogP contribution in [-0.2, 0) is 13.0 Å². The van der Waals surface area contributed by atoms with E-state index in [1.807, 2.05) is 54.7 Å². The van der Waals surface area contributed by atoms with Gasteiger partial charge in [-0.2, -0.15) is 0 Å². The summed E-state index contributed by atoms with van der Waals surface area (Å²) in [4.78, 5) is 15.4. The van der Waals surface area contributed by atoms with Crippen molar-refractivity contribution in [2.24, 2.45) is 0 Å². The lowest BCUT2D eigenvalue weighted by Crippen LogP contribution is -2.26. The molecule has 2 N–H and O–H groups in total. The second kappa shape index (κ2) is 8.61. The molecule has 5 heteroatoms. The van der Waals surface area contributed by atoms with E-state index in [0.29, 0.717) is 19.6 Å². The van der Waals surface area contributed by atoms with Gasteiger partial charge in [0.25, 0.3) is 5.91 Å². The van der Waals surface area contributed by atoms with Crippen LogP contribution in [0, 0.1) is 5.82 Å². The van der Waals surface area contributed by atoms with Gasteiger partial charge in [0.05, 0.1) is 5.56 Å². The van der Waals surface area contributed by atoms with Crippen molar-refractivity contribution in [3.63, 3.8) is 0 Å². The third-order valence-electron chi connectivity index (χ3n) is 4.79. The lowest BCUT2D eigenvalue weighted by molar-refractivity contribution is 0.0950. The number of halogens is 1. The maximum Gasteiger partial charge on any atom is 0.254 e. The van der Waals surface area contributed by atoms with Crippen molar-refractivity contribution in [2.75, 3.05) is 6.54 Å². The Kier molecular flexibility index (Phi) is 5.56. The number of rotatable bonds is 7. The fraction of sp³-hybridized carbons (Fsp3) is 0.125. The molecule has 0 saturated carbocycles. The summed E-state index contributed by atoms with van der Waals surface area (Å²) in [5.41, 5.74) is 3.24. The molecule has 0 aliphatic carbocycles. The first-order valence-electron chi connectivity index (χ1n) is 9.50. The van der Waals surface area contributed by atoms with E-state index in [-0.39, 0.29) is 5.56 Å². The van der Waals surface area contributed by atoms with Crippen LogP contribution in [0.4, 0.5) is 4.39 Å². The number of carbonyl (C=O) groups excluding carboxylic acids is 1. The number of ether oxygens (including phenoxy) is 1. The van der Waals surface area contributed by atoms with E-state index in [4.69, 9.17) is 4.74 Å². The first-order chi connectivity index (χ1) is 14.2. The summed E-state index contributed by atoms with van der Waals surface area (Å²) in [5, 5.41) is 3.86. The standard InChI is InChI=1S/C24H21FN2O2/c25-22-9-5-4-8-21(22)24(28)26-13-12-18-15-27-23-14-19(10-11-20(18)23)29-16-17-6-2-1-3-7-17/h1-11,14-15,27H,12-13,16H2,(H,26,28). The predicted molar refractivity (Wildman–Crippen MR) is 112 cm³/mol. The van der Waals surface area contributed by atoms with Crippen LogP contribution in [0.5, 0.6) is 5.75 Å². The van der Waals surface area contributed by atoms with Gasteiger partial charge < -0.3 is 15.0 Å². The molecule has 0 saturated heterocycles. The molecule has 1 aromatic heterocycles. The second-order valence-electron chi connectivity index (χ2n) is 6.78. The Bertz CT molecular complexity index is 1120. The van der Waals surface area contributed by atoms with Crippen molar-refractivity contribution in [2.45, 2.75) is 13.0 Å². The third-order valence-corrected chi connectivity index (χ3v) is 4.79. The number of carbonyl (C=O) groups is 1. The van der Waals surface area contributed by atoms with Crippen LogP contribution in [0.15, 0.2) is 79.0 Å². The largest absolute Gasteiger partial charge is 0.489 e. The summed E-state index contributed by atoms with van der Waals surface area (Å²) in [7, 11) is 0.